The average molecular weight is 214 g/mol. The molecule has 0 aliphatic heterocycles. The van der Waals surface area contributed by atoms with E-state index in [1.54, 1.807) is 0 Å². The number of fused-ring (bicyclic) bond motifs is 2. The summed E-state index contributed by atoms with van der Waals surface area (Å²) < 4.78 is 0. The maximum atomic E-state index is 11.4. The number of carbonyl (C=O) groups excluding carboxylic acids is 2. The predicted octanol–water partition coefficient (Wildman–Crippen LogP) is 2.37. The number of carbonyl (C=O) groups is 2. The molecule has 2 unspecified atom stereocenters. The molecule has 2 atom stereocenters. The largest absolute Gasteiger partial charge is 0.291 e. The SMILES string of the molecule is O=C1CC2=CC3=CC=CCC3CC2CC1=O. The van der Waals surface area contributed by atoms with Gasteiger partial charge in [-0.3, -0.25) is 9.59 Å². The van der Waals surface area contributed by atoms with E-state index < -0.39 is 0 Å². The first-order valence-electron chi connectivity index (χ1n) is 5.87. The molecular formula is C14H14O2. The Kier molecular flexibility index (Phi) is 2.16. The van der Waals surface area contributed by atoms with Crippen LogP contribution in [-0.4, -0.2) is 11.6 Å². The van der Waals surface area contributed by atoms with Crippen molar-refractivity contribution in [3.05, 3.63) is 35.5 Å². The number of hydrogen-bond acceptors (Lipinski definition) is 2. The first-order chi connectivity index (χ1) is 7.74. The number of ketones is 2. The van der Waals surface area contributed by atoms with Crippen LogP contribution in [0.25, 0.3) is 0 Å². The highest BCUT2D eigenvalue weighted by Gasteiger charge is 2.35. The van der Waals surface area contributed by atoms with Gasteiger partial charge in [-0.25, -0.2) is 0 Å². The minimum Gasteiger partial charge on any atom is -0.291 e. The van der Waals surface area contributed by atoms with Gasteiger partial charge in [0.2, 0.25) is 5.78 Å². The van der Waals surface area contributed by atoms with E-state index in [1.807, 2.05) is 0 Å². The monoisotopic (exact) mass is 214 g/mol. The van der Waals surface area contributed by atoms with Gasteiger partial charge in [0.15, 0.2) is 5.78 Å². The molecule has 0 bridgehead atoms. The van der Waals surface area contributed by atoms with Crippen LogP contribution in [0, 0.1) is 11.8 Å². The van der Waals surface area contributed by atoms with E-state index >= 15 is 0 Å². The molecule has 0 radical (unpaired) electrons. The lowest BCUT2D eigenvalue weighted by atomic mass is 9.69. The van der Waals surface area contributed by atoms with Gasteiger partial charge >= 0.3 is 0 Å². The zero-order chi connectivity index (χ0) is 11.1. The summed E-state index contributed by atoms with van der Waals surface area (Å²) in [6.45, 7) is 0. The van der Waals surface area contributed by atoms with Crippen LogP contribution in [0.15, 0.2) is 35.5 Å². The fourth-order valence-corrected chi connectivity index (χ4v) is 2.95. The van der Waals surface area contributed by atoms with Gasteiger partial charge in [0.05, 0.1) is 0 Å². The quantitative estimate of drug-likeness (QED) is 0.580. The van der Waals surface area contributed by atoms with E-state index in [4.69, 9.17) is 0 Å². The van der Waals surface area contributed by atoms with Crippen LogP contribution >= 0.6 is 0 Å². The van der Waals surface area contributed by atoms with Crippen LogP contribution in [-0.2, 0) is 9.59 Å². The Labute approximate surface area is 94.7 Å². The topological polar surface area (TPSA) is 34.1 Å². The molecule has 0 amide bonds. The third kappa shape index (κ3) is 1.49. The summed E-state index contributed by atoms with van der Waals surface area (Å²) in [6.07, 6.45) is 11.5. The van der Waals surface area contributed by atoms with Crippen LogP contribution in [0.5, 0.6) is 0 Å². The molecule has 0 N–H and O–H groups in total. The molecule has 1 saturated carbocycles. The van der Waals surface area contributed by atoms with Gasteiger partial charge < -0.3 is 0 Å². The second kappa shape index (κ2) is 3.55. The van der Waals surface area contributed by atoms with Crippen molar-refractivity contribution in [1.82, 2.24) is 0 Å². The molecule has 3 aliphatic rings. The molecule has 0 heterocycles. The summed E-state index contributed by atoms with van der Waals surface area (Å²) in [4.78, 5) is 22.8. The zero-order valence-electron chi connectivity index (χ0n) is 9.11. The Morgan fingerprint density at radius 2 is 2.00 bits per heavy atom. The average Bonchev–Trinajstić information content (AvgIpc) is 2.28. The third-order valence-corrected chi connectivity index (χ3v) is 3.87. The van der Waals surface area contributed by atoms with Crippen molar-refractivity contribution in [2.75, 3.05) is 0 Å². The van der Waals surface area contributed by atoms with Crippen LogP contribution in [0.3, 0.4) is 0 Å². The van der Waals surface area contributed by atoms with E-state index in [0.717, 1.165) is 12.8 Å². The maximum absolute atomic E-state index is 11.4. The molecule has 2 nitrogen and oxygen atoms in total. The summed E-state index contributed by atoms with van der Waals surface area (Å²) in [5.41, 5.74) is 2.53. The van der Waals surface area contributed by atoms with E-state index in [9.17, 15) is 9.59 Å². The number of hydrogen-bond donors (Lipinski definition) is 0. The molecule has 82 valence electrons. The van der Waals surface area contributed by atoms with Crippen molar-refractivity contribution in [3.8, 4) is 0 Å². The van der Waals surface area contributed by atoms with Gasteiger partial charge in [0.25, 0.3) is 0 Å². The minimum atomic E-state index is -0.201. The fraction of sp³-hybridized carbons (Fsp3) is 0.429. The summed E-state index contributed by atoms with van der Waals surface area (Å²) in [6, 6.07) is 0. The van der Waals surface area contributed by atoms with Crippen molar-refractivity contribution in [2.24, 2.45) is 11.8 Å². The van der Waals surface area contributed by atoms with Crippen molar-refractivity contribution >= 4 is 11.6 Å². The fourth-order valence-electron chi connectivity index (χ4n) is 2.95. The highest BCUT2D eigenvalue weighted by atomic mass is 16.2. The van der Waals surface area contributed by atoms with Gasteiger partial charge in [0.1, 0.15) is 0 Å². The Balaban J connectivity index is 1.94. The minimum absolute atomic E-state index is 0.166. The highest BCUT2D eigenvalue weighted by molar-refractivity contribution is 6.38. The van der Waals surface area contributed by atoms with Crippen LogP contribution in [0.2, 0.25) is 0 Å². The van der Waals surface area contributed by atoms with Crippen LogP contribution in [0.1, 0.15) is 25.7 Å². The molecule has 0 aromatic rings. The van der Waals surface area contributed by atoms with E-state index in [0.29, 0.717) is 24.7 Å². The second-order valence-electron chi connectivity index (χ2n) is 4.91. The lowest BCUT2D eigenvalue weighted by Crippen LogP contribution is -2.31. The molecule has 2 heteroatoms. The molecule has 0 aromatic carbocycles. The smallest absolute Gasteiger partial charge is 0.202 e. The first-order valence-corrected chi connectivity index (χ1v) is 5.87. The summed E-state index contributed by atoms with van der Waals surface area (Å²) in [5.74, 6) is 0.535. The lowest BCUT2D eigenvalue weighted by molar-refractivity contribution is -0.138. The van der Waals surface area contributed by atoms with Crippen molar-refractivity contribution in [2.45, 2.75) is 25.7 Å². The Morgan fingerprint density at radius 3 is 2.88 bits per heavy atom. The van der Waals surface area contributed by atoms with E-state index in [1.165, 1.54) is 11.1 Å². The number of Topliss-reactive ketones (excluding diaryl/α,β-unsaturated/α-hetero) is 2. The second-order valence-corrected chi connectivity index (χ2v) is 4.91. The molecule has 0 saturated heterocycles. The highest BCUT2D eigenvalue weighted by Crippen LogP contribution is 2.41. The Hall–Kier alpha value is -1.44. The molecular weight excluding hydrogens is 200 g/mol. The van der Waals surface area contributed by atoms with Crippen molar-refractivity contribution < 1.29 is 9.59 Å². The van der Waals surface area contributed by atoms with Gasteiger partial charge in [-0.2, -0.15) is 0 Å². The summed E-state index contributed by atoms with van der Waals surface area (Å²) >= 11 is 0. The van der Waals surface area contributed by atoms with Crippen molar-refractivity contribution in [1.29, 1.82) is 0 Å². The summed E-state index contributed by atoms with van der Waals surface area (Å²) in [7, 11) is 0. The van der Waals surface area contributed by atoms with Gasteiger partial charge in [-0.1, -0.05) is 29.9 Å². The lowest BCUT2D eigenvalue weighted by Gasteiger charge is -2.34. The van der Waals surface area contributed by atoms with Gasteiger partial charge in [-0.05, 0) is 30.3 Å². The van der Waals surface area contributed by atoms with Gasteiger partial charge in [-0.15, -0.1) is 0 Å². The normalized spacial score (nSPS) is 32.8. The molecule has 3 rings (SSSR count). The predicted molar refractivity (Wildman–Crippen MR) is 60.8 cm³/mol. The van der Waals surface area contributed by atoms with Crippen LogP contribution < -0.4 is 0 Å². The molecule has 16 heavy (non-hydrogen) atoms. The number of allylic oxidation sites excluding steroid dienone is 6. The standard InChI is InChI=1S/C14H14O2/c15-13-7-11-5-9-3-1-2-4-10(9)6-12(11)8-14(13)16/h1-3,5,10,12H,4,6-8H2. The van der Waals surface area contributed by atoms with Gasteiger partial charge in [0, 0.05) is 12.8 Å². The Morgan fingerprint density at radius 1 is 1.12 bits per heavy atom. The Bertz CT molecular complexity index is 451. The van der Waals surface area contributed by atoms with Crippen LogP contribution in [0.4, 0.5) is 0 Å². The third-order valence-electron chi connectivity index (χ3n) is 3.87. The van der Waals surface area contributed by atoms with E-state index in [2.05, 4.69) is 24.3 Å². The summed E-state index contributed by atoms with van der Waals surface area (Å²) in [5, 5.41) is 0. The maximum Gasteiger partial charge on any atom is 0.202 e. The molecule has 3 aliphatic carbocycles. The molecule has 1 fully saturated rings. The molecule has 0 spiro atoms. The number of rotatable bonds is 0. The first kappa shape index (κ1) is 9.76. The zero-order valence-corrected chi connectivity index (χ0v) is 9.11. The van der Waals surface area contributed by atoms with E-state index in [-0.39, 0.29) is 11.6 Å². The van der Waals surface area contributed by atoms with Crippen molar-refractivity contribution in [3.63, 3.8) is 0 Å². The molecule has 0 aromatic heterocycles.